The summed E-state index contributed by atoms with van der Waals surface area (Å²) in [4.78, 5) is 12.9. The molecule has 6 heteroatoms. The molecule has 0 aliphatic carbocycles. The lowest BCUT2D eigenvalue weighted by Gasteiger charge is -2.09. The second-order valence-corrected chi connectivity index (χ2v) is 7.01. The molecule has 1 aliphatic rings. The van der Waals surface area contributed by atoms with Crippen LogP contribution in [0.3, 0.4) is 0 Å². The number of rotatable bonds is 8. The van der Waals surface area contributed by atoms with Crippen molar-refractivity contribution < 1.29 is 4.79 Å². The number of thioether (sulfide) groups is 1. The maximum absolute atomic E-state index is 11.7. The molecule has 124 valence electrons. The van der Waals surface area contributed by atoms with Crippen molar-refractivity contribution in [2.24, 2.45) is 5.92 Å². The van der Waals surface area contributed by atoms with Gasteiger partial charge in [-0.3, -0.25) is 4.79 Å². The van der Waals surface area contributed by atoms with Crippen LogP contribution in [0.4, 0.5) is 0 Å². The van der Waals surface area contributed by atoms with Gasteiger partial charge >= 0.3 is 0 Å². The number of hydrogen-bond donors (Lipinski definition) is 2. The van der Waals surface area contributed by atoms with Gasteiger partial charge in [-0.05, 0) is 68.3 Å². The molecule has 22 heavy (non-hydrogen) atoms. The monoisotopic (exact) mass is 362 g/mol. The van der Waals surface area contributed by atoms with Crippen LogP contribution in [0.1, 0.15) is 25.7 Å². The number of nitrogens with one attached hydrogen (secondary N) is 2. The van der Waals surface area contributed by atoms with Crippen molar-refractivity contribution in [2.45, 2.75) is 30.6 Å². The van der Waals surface area contributed by atoms with Crippen molar-refractivity contribution in [1.29, 1.82) is 0 Å². The second-order valence-electron chi connectivity index (χ2n) is 5.40. The van der Waals surface area contributed by atoms with Crippen molar-refractivity contribution in [2.75, 3.05) is 25.4 Å². The summed E-state index contributed by atoms with van der Waals surface area (Å²) in [6.45, 7) is 3.05. The topological polar surface area (TPSA) is 41.1 Å². The molecule has 1 fully saturated rings. The van der Waals surface area contributed by atoms with Crippen LogP contribution < -0.4 is 10.6 Å². The first-order chi connectivity index (χ1) is 10.2. The van der Waals surface area contributed by atoms with E-state index < -0.39 is 0 Å². The van der Waals surface area contributed by atoms with Crippen LogP contribution in [0, 0.1) is 5.92 Å². The Hall–Kier alpha value is -0.420. The number of benzene rings is 1. The van der Waals surface area contributed by atoms with E-state index in [1.807, 2.05) is 24.3 Å². The first kappa shape index (κ1) is 19.6. The van der Waals surface area contributed by atoms with E-state index >= 15 is 0 Å². The fourth-order valence-corrected chi connectivity index (χ4v) is 3.40. The Bertz CT molecular complexity index is 436. The molecule has 1 atom stereocenters. The molecule has 1 aliphatic heterocycles. The number of hydrogen-bond acceptors (Lipinski definition) is 3. The molecule has 1 amide bonds. The minimum absolute atomic E-state index is 0. The highest BCUT2D eigenvalue weighted by molar-refractivity contribution is 7.99. The lowest BCUT2D eigenvalue weighted by molar-refractivity contribution is -0.121. The second kappa shape index (κ2) is 11.2. The molecule has 1 aromatic carbocycles. The zero-order chi connectivity index (χ0) is 14.9. The summed E-state index contributed by atoms with van der Waals surface area (Å²) in [5.74, 6) is 1.88. The summed E-state index contributed by atoms with van der Waals surface area (Å²) in [6, 6.07) is 7.83. The molecular formula is C16H24Cl2N2OS. The third-order valence-electron chi connectivity index (χ3n) is 3.67. The largest absolute Gasteiger partial charge is 0.356 e. The standard InChI is InChI=1S/C16H23ClN2OS.ClH/c17-14-3-5-15(6-4-14)21-11-1-2-16(20)19-10-8-13-7-9-18-12-13;/h3-6,13,18H,1-2,7-12H2,(H,19,20);1H. The van der Waals surface area contributed by atoms with E-state index in [0.29, 0.717) is 6.42 Å². The zero-order valence-electron chi connectivity index (χ0n) is 12.6. The fourth-order valence-electron chi connectivity index (χ4n) is 2.42. The SMILES string of the molecule is Cl.O=C(CCCSc1ccc(Cl)cc1)NCCC1CCNC1. The molecule has 0 aromatic heterocycles. The Kier molecular flexibility index (Phi) is 9.96. The van der Waals surface area contributed by atoms with Gasteiger partial charge in [0.2, 0.25) is 5.91 Å². The number of carbonyl (C=O) groups is 1. The van der Waals surface area contributed by atoms with E-state index in [0.717, 1.165) is 49.2 Å². The molecular weight excluding hydrogens is 339 g/mol. The maximum atomic E-state index is 11.7. The van der Waals surface area contributed by atoms with Gasteiger partial charge in [0.15, 0.2) is 0 Å². The maximum Gasteiger partial charge on any atom is 0.220 e. The first-order valence-corrected chi connectivity index (χ1v) is 8.96. The van der Waals surface area contributed by atoms with Gasteiger partial charge in [0, 0.05) is 22.9 Å². The van der Waals surface area contributed by atoms with Crippen LogP contribution in [0.15, 0.2) is 29.2 Å². The molecule has 0 radical (unpaired) electrons. The Labute approximate surface area is 148 Å². The van der Waals surface area contributed by atoms with Crippen molar-refractivity contribution in [3.8, 4) is 0 Å². The van der Waals surface area contributed by atoms with Crippen LogP contribution in [0.5, 0.6) is 0 Å². The Morgan fingerprint density at radius 1 is 1.36 bits per heavy atom. The minimum Gasteiger partial charge on any atom is -0.356 e. The van der Waals surface area contributed by atoms with Gasteiger partial charge in [0.1, 0.15) is 0 Å². The number of halogens is 2. The van der Waals surface area contributed by atoms with Gasteiger partial charge in [-0.25, -0.2) is 0 Å². The molecule has 1 aromatic rings. The van der Waals surface area contributed by atoms with Gasteiger partial charge in [-0.15, -0.1) is 24.2 Å². The van der Waals surface area contributed by atoms with Crippen LogP contribution in [0.2, 0.25) is 5.02 Å². The summed E-state index contributed by atoms with van der Waals surface area (Å²) < 4.78 is 0. The van der Waals surface area contributed by atoms with E-state index in [9.17, 15) is 4.79 Å². The highest BCUT2D eigenvalue weighted by Crippen LogP contribution is 2.21. The summed E-state index contributed by atoms with van der Waals surface area (Å²) in [6.07, 6.45) is 3.86. The van der Waals surface area contributed by atoms with Crippen LogP contribution >= 0.6 is 35.8 Å². The Balaban J connectivity index is 0.00000242. The van der Waals surface area contributed by atoms with Crippen LogP contribution in [-0.2, 0) is 4.79 Å². The minimum atomic E-state index is 0. The van der Waals surface area contributed by atoms with E-state index in [4.69, 9.17) is 11.6 Å². The summed E-state index contributed by atoms with van der Waals surface area (Å²) >= 11 is 7.61. The molecule has 1 unspecified atom stereocenters. The lowest BCUT2D eigenvalue weighted by Crippen LogP contribution is -2.26. The zero-order valence-corrected chi connectivity index (χ0v) is 15.0. The van der Waals surface area contributed by atoms with E-state index in [1.165, 1.54) is 11.3 Å². The third-order valence-corrected chi connectivity index (χ3v) is 5.02. The van der Waals surface area contributed by atoms with Gasteiger partial charge in [-0.1, -0.05) is 11.6 Å². The van der Waals surface area contributed by atoms with E-state index in [-0.39, 0.29) is 18.3 Å². The highest BCUT2D eigenvalue weighted by Gasteiger charge is 2.13. The summed E-state index contributed by atoms with van der Waals surface area (Å²) in [5.41, 5.74) is 0. The molecule has 0 saturated carbocycles. The van der Waals surface area contributed by atoms with Gasteiger partial charge in [0.25, 0.3) is 0 Å². The summed E-state index contributed by atoms with van der Waals surface area (Å²) in [7, 11) is 0. The van der Waals surface area contributed by atoms with Gasteiger partial charge in [0.05, 0.1) is 0 Å². The average Bonchev–Trinajstić information content (AvgIpc) is 2.99. The first-order valence-electron chi connectivity index (χ1n) is 7.60. The predicted octanol–water partition coefficient (Wildman–Crippen LogP) is 3.75. The fraction of sp³-hybridized carbons (Fsp3) is 0.562. The summed E-state index contributed by atoms with van der Waals surface area (Å²) in [5, 5.41) is 7.13. The lowest BCUT2D eigenvalue weighted by atomic mass is 10.1. The Morgan fingerprint density at radius 3 is 2.82 bits per heavy atom. The quantitative estimate of drug-likeness (QED) is 0.546. The Morgan fingerprint density at radius 2 is 2.14 bits per heavy atom. The smallest absolute Gasteiger partial charge is 0.220 e. The van der Waals surface area contributed by atoms with Gasteiger partial charge < -0.3 is 10.6 Å². The molecule has 2 N–H and O–H groups in total. The highest BCUT2D eigenvalue weighted by atomic mass is 35.5. The van der Waals surface area contributed by atoms with Crippen molar-refractivity contribution in [1.82, 2.24) is 10.6 Å². The average molecular weight is 363 g/mol. The molecule has 1 heterocycles. The third kappa shape index (κ3) is 7.73. The normalized spacial score (nSPS) is 17.0. The molecule has 0 bridgehead atoms. The van der Waals surface area contributed by atoms with Crippen molar-refractivity contribution in [3.63, 3.8) is 0 Å². The van der Waals surface area contributed by atoms with Gasteiger partial charge in [-0.2, -0.15) is 0 Å². The molecule has 0 spiro atoms. The predicted molar refractivity (Wildman–Crippen MR) is 97.3 cm³/mol. The number of carbonyl (C=O) groups excluding carboxylic acids is 1. The molecule has 3 nitrogen and oxygen atoms in total. The van der Waals surface area contributed by atoms with Crippen molar-refractivity contribution >= 4 is 41.7 Å². The van der Waals surface area contributed by atoms with E-state index in [1.54, 1.807) is 11.8 Å². The molecule has 2 rings (SSSR count). The molecule has 1 saturated heterocycles. The number of amides is 1. The van der Waals surface area contributed by atoms with Crippen LogP contribution in [-0.4, -0.2) is 31.3 Å². The van der Waals surface area contributed by atoms with E-state index in [2.05, 4.69) is 10.6 Å². The van der Waals surface area contributed by atoms with Crippen molar-refractivity contribution in [3.05, 3.63) is 29.3 Å². The van der Waals surface area contributed by atoms with Crippen LogP contribution in [0.25, 0.3) is 0 Å².